The smallest absolute Gasteiger partial charge is 0.160 e. The van der Waals surface area contributed by atoms with Gasteiger partial charge in [-0.05, 0) is 38.2 Å². The average molecular weight is 401 g/mol. The minimum atomic E-state index is -1.02. The van der Waals surface area contributed by atoms with E-state index < -0.39 is 33.7 Å². The van der Waals surface area contributed by atoms with E-state index in [-0.39, 0.29) is 41.9 Å². The number of aliphatic hydroxyl groups is 1. The van der Waals surface area contributed by atoms with E-state index in [1.165, 1.54) is 6.92 Å². The first kappa shape index (κ1) is 20.6. The molecule has 0 radical (unpaired) electrons. The highest BCUT2D eigenvalue weighted by Crippen LogP contribution is 2.69. The molecule has 29 heavy (non-hydrogen) atoms. The summed E-state index contributed by atoms with van der Waals surface area (Å²) in [6.45, 7) is 11.1. The Bertz CT molecular complexity index is 895. The molecule has 6 atom stereocenters. The van der Waals surface area contributed by atoms with Crippen molar-refractivity contribution in [2.45, 2.75) is 79.8 Å². The van der Waals surface area contributed by atoms with E-state index in [2.05, 4.69) is 0 Å². The molecule has 4 rings (SSSR count). The second-order valence-corrected chi connectivity index (χ2v) is 11.1. The summed E-state index contributed by atoms with van der Waals surface area (Å²) in [7, 11) is 0. The lowest BCUT2D eigenvalue weighted by Gasteiger charge is -2.59. The van der Waals surface area contributed by atoms with Crippen LogP contribution in [0.2, 0.25) is 0 Å². The summed E-state index contributed by atoms with van der Waals surface area (Å²) in [5, 5.41) is 11.3. The SMILES string of the molecule is CC(=O)[C@H]1CC(=O)[C@@]2(C)C3=C(C(=O)C[C@]12C)[C@@]1(C)CCC(=O)C(C)(C)[C@@H]1C[C@@H]3O. The van der Waals surface area contributed by atoms with Gasteiger partial charge in [0.1, 0.15) is 17.3 Å². The monoisotopic (exact) mass is 400 g/mol. The van der Waals surface area contributed by atoms with Gasteiger partial charge in [-0.2, -0.15) is 0 Å². The van der Waals surface area contributed by atoms with Crippen LogP contribution < -0.4 is 0 Å². The van der Waals surface area contributed by atoms with Crippen molar-refractivity contribution < 1.29 is 24.3 Å². The van der Waals surface area contributed by atoms with Gasteiger partial charge in [-0.15, -0.1) is 0 Å². The van der Waals surface area contributed by atoms with Crippen molar-refractivity contribution in [3.05, 3.63) is 11.1 Å². The summed E-state index contributed by atoms with van der Waals surface area (Å²) in [6.07, 6.45) is 0.652. The van der Waals surface area contributed by atoms with Gasteiger partial charge in [0.2, 0.25) is 0 Å². The first-order valence-electron chi connectivity index (χ1n) is 10.8. The van der Waals surface area contributed by atoms with E-state index in [0.717, 1.165) is 0 Å². The van der Waals surface area contributed by atoms with Crippen LogP contribution in [0.1, 0.15) is 73.6 Å². The molecule has 0 aromatic carbocycles. The Morgan fingerprint density at radius 3 is 2.24 bits per heavy atom. The fourth-order valence-electron chi connectivity index (χ4n) is 7.64. The minimum absolute atomic E-state index is 0.0487. The number of hydrogen-bond acceptors (Lipinski definition) is 5. The number of fused-ring (bicyclic) bond motifs is 4. The number of hydrogen-bond donors (Lipinski definition) is 1. The number of Topliss-reactive ketones (excluding diaryl/α,β-unsaturated/α-hetero) is 4. The van der Waals surface area contributed by atoms with Crippen molar-refractivity contribution in [2.24, 2.45) is 33.5 Å². The third-order valence-electron chi connectivity index (χ3n) is 9.56. The molecule has 1 N–H and O–H groups in total. The predicted octanol–water partition coefficient (Wildman–Crippen LogP) is 3.22. The summed E-state index contributed by atoms with van der Waals surface area (Å²) in [5.74, 6) is -0.656. The third-order valence-corrected chi connectivity index (χ3v) is 9.56. The fraction of sp³-hybridized carbons (Fsp3) is 0.750. The number of rotatable bonds is 1. The van der Waals surface area contributed by atoms with E-state index in [0.29, 0.717) is 30.4 Å². The topological polar surface area (TPSA) is 88.5 Å². The number of carbonyl (C=O) groups excluding carboxylic acids is 4. The van der Waals surface area contributed by atoms with E-state index in [1.54, 1.807) is 0 Å². The molecular weight excluding hydrogens is 368 g/mol. The van der Waals surface area contributed by atoms with Gasteiger partial charge in [0.05, 0.1) is 11.5 Å². The molecule has 0 unspecified atom stereocenters. The lowest BCUT2D eigenvalue weighted by Crippen LogP contribution is -2.60. The first-order valence-corrected chi connectivity index (χ1v) is 10.8. The summed E-state index contributed by atoms with van der Waals surface area (Å²) in [5.41, 5.74) is -1.87. The van der Waals surface area contributed by atoms with Gasteiger partial charge in [-0.3, -0.25) is 19.2 Å². The highest BCUT2D eigenvalue weighted by Gasteiger charge is 2.70. The maximum atomic E-state index is 13.6. The maximum Gasteiger partial charge on any atom is 0.160 e. The Labute approximate surface area is 172 Å². The Kier molecular flexibility index (Phi) is 4.09. The van der Waals surface area contributed by atoms with Crippen LogP contribution in [0, 0.1) is 33.5 Å². The molecule has 4 aliphatic carbocycles. The lowest BCUT2D eigenvalue weighted by atomic mass is 9.43. The molecule has 0 saturated heterocycles. The Hall–Kier alpha value is -1.62. The molecule has 5 heteroatoms. The van der Waals surface area contributed by atoms with Gasteiger partial charge in [-0.1, -0.05) is 27.7 Å². The molecule has 0 spiro atoms. The second kappa shape index (κ2) is 5.75. The van der Waals surface area contributed by atoms with Crippen LogP contribution in [0.3, 0.4) is 0 Å². The van der Waals surface area contributed by atoms with E-state index >= 15 is 0 Å². The normalized spacial score (nSPS) is 46.3. The van der Waals surface area contributed by atoms with E-state index in [1.807, 2.05) is 34.6 Å². The van der Waals surface area contributed by atoms with Crippen molar-refractivity contribution >= 4 is 23.1 Å². The molecule has 0 aromatic heterocycles. The Balaban J connectivity index is 1.99. The van der Waals surface area contributed by atoms with Crippen LogP contribution in [-0.2, 0) is 19.2 Å². The fourth-order valence-corrected chi connectivity index (χ4v) is 7.64. The summed E-state index contributed by atoms with van der Waals surface area (Å²) < 4.78 is 0. The molecule has 4 aliphatic rings. The van der Waals surface area contributed by atoms with Crippen LogP contribution in [0.4, 0.5) is 0 Å². The highest BCUT2D eigenvalue weighted by molar-refractivity contribution is 6.07. The van der Waals surface area contributed by atoms with Gasteiger partial charge >= 0.3 is 0 Å². The molecule has 0 amide bonds. The molecule has 5 nitrogen and oxygen atoms in total. The van der Waals surface area contributed by atoms with Crippen LogP contribution in [0.25, 0.3) is 0 Å². The van der Waals surface area contributed by atoms with Crippen LogP contribution in [0.15, 0.2) is 11.1 Å². The van der Waals surface area contributed by atoms with Gasteiger partial charge in [0.15, 0.2) is 5.78 Å². The molecule has 0 heterocycles. The van der Waals surface area contributed by atoms with Crippen molar-refractivity contribution in [1.82, 2.24) is 0 Å². The number of carbonyl (C=O) groups is 4. The molecule has 158 valence electrons. The zero-order valence-electron chi connectivity index (χ0n) is 18.3. The number of aliphatic hydroxyl groups excluding tert-OH is 1. The second-order valence-electron chi connectivity index (χ2n) is 11.1. The van der Waals surface area contributed by atoms with Crippen LogP contribution >= 0.6 is 0 Å². The van der Waals surface area contributed by atoms with E-state index in [4.69, 9.17) is 0 Å². The molecule has 0 aromatic rings. The highest BCUT2D eigenvalue weighted by atomic mass is 16.3. The van der Waals surface area contributed by atoms with Crippen LogP contribution in [-0.4, -0.2) is 34.3 Å². The molecule has 2 saturated carbocycles. The van der Waals surface area contributed by atoms with Gasteiger partial charge < -0.3 is 5.11 Å². The van der Waals surface area contributed by atoms with Gasteiger partial charge in [-0.25, -0.2) is 0 Å². The predicted molar refractivity (Wildman–Crippen MR) is 107 cm³/mol. The van der Waals surface area contributed by atoms with Crippen molar-refractivity contribution in [3.8, 4) is 0 Å². The van der Waals surface area contributed by atoms with Crippen molar-refractivity contribution in [2.75, 3.05) is 0 Å². The largest absolute Gasteiger partial charge is 0.389 e. The number of ketones is 4. The third kappa shape index (κ3) is 2.20. The summed E-state index contributed by atoms with van der Waals surface area (Å²) >= 11 is 0. The number of allylic oxidation sites excluding steroid dienone is 1. The Morgan fingerprint density at radius 2 is 1.66 bits per heavy atom. The summed E-state index contributed by atoms with van der Waals surface area (Å²) in [6, 6.07) is 0. The van der Waals surface area contributed by atoms with Crippen molar-refractivity contribution in [1.29, 1.82) is 0 Å². The molecular formula is C24H32O5. The standard InChI is InChI=1S/C24H32O5/c1-12(25)13-9-18(29)24(6)20-14(26)10-16-21(2,3)17(28)7-8-22(16,4)19(20)15(27)11-23(13,24)5/h13-14,16,26H,7-11H2,1-6H3/t13-,14+,16+,22+,23-,24+/m1/s1. The molecule has 0 bridgehead atoms. The minimum Gasteiger partial charge on any atom is -0.389 e. The van der Waals surface area contributed by atoms with Crippen LogP contribution in [0.5, 0.6) is 0 Å². The average Bonchev–Trinajstić information content (AvgIpc) is 2.81. The maximum absolute atomic E-state index is 13.6. The first-order chi connectivity index (χ1) is 13.2. The lowest BCUT2D eigenvalue weighted by molar-refractivity contribution is -0.147. The van der Waals surface area contributed by atoms with Crippen molar-refractivity contribution in [3.63, 3.8) is 0 Å². The Morgan fingerprint density at radius 1 is 1.03 bits per heavy atom. The summed E-state index contributed by atoms with van der Waals surface area (Å²) in [4.78, 5) is 52.0. The zero-order chi connectivity index (χ0) is 21.7. The zero-order valence-corrected chi connectivity index (χ0v) is 18.3. The molecule has 0 aliphatic heterocycles. The van der Waals surface area contributed by atoms with E-state index in [9.17, 15) is 24.3 Å². The van der Waals surface area contributed by atoms with Gasteiger partial charge in [0, 0.05) is 47.0 Å². The van der Waals surface area contributed by atoms with Gasteiger partial charge in [0.25, 0.3) is 0 Å². The molecule has 2 fully saturated rings. The quantitative estimate of drug-likeness (QED) is 0.730.